The Hall–Kier alpha value is -1.26. The number of aliphatic imine (C=N–C) groups is 1. The average molecular weight is 576 g/mol. The number of benzene rings is 1. The molecule has 0 amide bonds. The molecule has 188 valence electrons. The number of hydrogen-bond donors (Lipinski definition) is 1. The molecular weight excluding hydrogens is 533 g/mol. The number of guanidine groups is 1. The number of ether oxygens (including phenoxy) is 4. The lowest BCUT2D eigenvalue weighted by molar-refractivity contribution is 0.00990. The number of nitrogens with one attached hydrogen (secondary N) is 1. The Morgan fingerprint density at radius 1 is 1.03 bits per heavy atom. The van der Waals surface area contributed by atoms with Gasteiger partial charge in [0.2, 0.25) is 0 Å². The Morgan fingerprint density at radius 2 is 1.79 bits per heavy atom. The molecule has 1 aromatic rings. The highest BCUT2D eigenvalue weighted by Crippen LogP contribution is 2.32. The molecule has 8 heteroatoms. The molecule has 3 rings (SSSR count). The van der Waals surface area contributed by atoms with Gasteiger partial charge in [0.25, 0.3) is 0 Å². The predicted molar refractivity (Wildman–Crippen MR) is 143 cm³/mol. The van der Waals surface area contributed by atoms with E-state index in [1.54, 1.807) is 14.2 Å². The zero-order chi connectivity index (χ0) is 22.6. The van der Waals surface area contributed by atoms with Crippen molar-refractivity contribution in [1.82, 2.24) is 10.2 Å². The van der Waals surface area contributed by atoms with E-state index in [2.05, 4.69) is 29.3 Å². The monoisotopic (exact) mass is 575 g/mol. The van der Waals surface area contributed by atoms with Crippen molar-refractivity contribution < 1.29 is 18.9 Å². The Bertz CT molecular complexity index is 705. The first-order valence-electron chi connectivity index (χ1n) is 12.2. The minimum atomic E-state index is 0. The molecule has 1 heterocycles. The van der Waals surface area contributed by atoms with E-state index in [9.17, 15) is 0 Å². The smallest absolute Gasteiger partial charge is 0.194 e. The molecule has 1 aliphatic heterocycles. The maximum Gasteiger partial charge on any atom is 0.194 e. The highest BCUT2D eigenvalue weighted by atomic mass is 127. The zero-order valence-electron chi connectivity index (χ0n) is 20.5. The Kier molecular flexibility index (Phi) is 13.2. The molecule has 0 atom stereocenters. The normalized spacial score (nSPS) is 17.7. The zero-order valence-corrected chi connectivity index (χ0v) is 22.8. The fourth-order valence-electron chi connectivity index (χ4n) is 4.38. The number of nitrogens with zero attached hydrogens (tertiary/aromatic N) is 2. The molecule has 0 aromatic heterocycles. The van der Waals surface area contributed by atoms with Crippen molar-refractivity contribution in [2.75, 3.05) is 47.1 Å². The van der Waals surface area contributed by atoms with E-state index in [1.165, 1.54) is 12.8 Å². The Labute approximate surface area is 216 Å². The van der Waals surface area contributed by atoms with Crippen molar-refractivity contribution in [1.29, 1.82) is 0 Å². The molecule has 0 radical (unpaired) electrons. The molecule has 1 saturated carbocycles. The number of piperidine rings is 1. The van der Waals surface area contributed by atoms with Crippen LogP contribution in [0.3, 0.4) is 0 Å². The van der Waals surface area contributed by atoms with Gasteiger partial charge in [-0.25, -0.2) is 4.99 Å². The van der Waals surface area contributed by atoms with Crippen LogP contribution in [-0.2, 0) is 16.0 Å². The number of hydrogen-bond acceptors (Lipinski definition) is 5. The van der Waals surface area contributed by atoms with Crippen LogP contribution in [0.4, 0.5) is 0 Å². The van der Waals surface area contributed by atoms with Gasteiger partial charge in [-0.15, -0.1) is 24.0 Å². The summed E-state index contributed by atoms with van der Waals surface area (Å²) in [6.45, 7) is 7.02. The van der Waals surface area contributed by atoms with Gasteiger partial charge in [-0.05, 0) is 69.6 Å². The lowest BCUT2D eigenvalue weighted by Crippen LogP contribution is -2.47. The van der Waals surface area contributed by atoms with Gasteiger partial charge in [0.15, 0.2) is 17.5 Å². The van der Waals surface area contributed by atoms with E-state index in [0.29, 0.717) is 18.8 Å². The first kappa shape index (κ1) is 28.0. The van der Waals surface area contributed by atoms with Gasteiger partial charge >= 0.3 is 0 Å². The second-order valence-electron chi connectivity index (χ2n) is 8.58. The molecule has 1 saturated heterocycles. The summed E-state index contributed by atoms with van der Waals surface area (Å²) in [4.78, 5) is 7.27. The van der Waals surface area contributed by atoms with Crippen LogP contribution in [0.2, 0.25) is 0 Å². The Morgan fingerprint density at radius 3 is 2.45 bits per heavy atom. The highest BCUT2D eigenvalue weighted by molar-refractivity contribution is 14.0. The van der Waals surface area contributed by atoms with Crippen molar-refractivity contribution in [3.63, 3.8) is 0 Å². The molecule has 0 bridgehead atoms. The largest absolute Gasteiger partial charge is 0.493 e. The minimum Gasteiger partial charge on any atom is -0.493 e. The molecular formula is C25H42IN3O4. The predicted octanol–water partition coefficient (Wildman–Crippen LogP) is 4.62. The number of likely N-dealkylation sites (tertiary alicyclic amines) is 1. The van der Waals surface area contributed by atoms with Crippen molar-refractivity contribution in [3.8, 4) is 11.5 Å². The summed E-state index contributed by atoms with van der Waals surface area (Å²) in [5, 5.41) is 3.46. The number of methoxy groups -OCH3 is 2. The molecule has 0 unspecified atom stereocenters. The van der Waals surface area contributed by atoms with E-state index in [1.807, 2.05) is 6.07 Å². The van der Waals surface area contributed by atoms with Crippen LogP contribution in [0.25, 0.3) is 0 Å². The van der Waals surface area contributed by atoms with Crippen LogP contribution in [0, 0.1) is 0 Å². The van der Waals surface area contributed by atoms with Gasteiger partial charge in [0, 0.05) is 40.0 Å². The first-order valence-corrected chi connectivity index (χ1v) is 12.2. The maximum absolute atomic E-state index is 6.25. The maximum atomic E-state index is 6.25. The molecule has 0 spiro atoms. The first-order chi connectivity index (χ1) is 15.7. The summed E-state index contributed by atoms with van der Waals surface area (Å²) in [6.07, 6.45) is 8.40. The van der Waals surface area contributed by atoms with Crippen LogP contribution in [0.15, 0.2) is 23.2 Å². The van der Waals surface area contributed by atoms with Gasteiger partial charge < -0.3 is 29.2 Å². The van der Waals surface area contributed by atoms with E-state index >= 15 is 0 Å². The number of halogens is 1. The lowest BCUT2D eigenvalue weighted by Gasteiger charge is -2.34. The quantitative estimate of drug-likeness (QED) is 0.180. The molecule has 2 aliphatic rings. The minimum absolute atomic E-state index is 0. The van der Waals surface area contributed by atoms with Gasteiger partial charge in [0.1, 0.15) is 0 Å². The fraction of sp³-hybridized carbons (Fsp3) is 0.720. The highest BCUT2D eigenvalue weighted by Gasteiger charge is 2.22. The van der Waals surface area contributed by atoms with Crippen molar-refractivity contribution in [2.24, 2.45) is 4.99 Å². The van der Waals surface area contributed by atoms with Gasteiger partial charge in [0.05, 0.1) is 25.9 Å². The SMILES string of the molecule is CCNC(=NCc1ccc(OC)c(OC2CCCC2)c1)N1CCC(OCCCOC)CC1.I. The van der Waals surface area contributed by atoms with Crippen LogP contribution in [0.5, 0.6) is 11.5 Å². The van der Waals surface area contributed by atoms with Crippen molar-refractivity contribution in [2.45, 2.75) is 70.6 Å². The van der Waals surface area contributed by atoms with Gasteiger partial charge in [-0.1, -0.05) is 6.07 Å². The van der Waals surface area contributed by atoms with Gasteiger partial charge in [-0.2, -0.15) is 0 Å². The van der Waals surface area contributed by atoms with E-state index < -0.39 is 0 Å². The molecule has 2 fully saturated rings. The summed E-state index contributed by atoms with van der Waals surface area (Å²) < 4.78 is 22.9. The lowest BCUT2D eigenvalue weighted by atomic mass is 10.1. The van der Waals surface area contributed by atoms with Crippen LogP contribution in [0.1, 0.15) is 57.4 Å². The van der Waals surface area contributed by atoms with Crippen molar-refractivity contribution in [3.05, 3.63) is 23.8 Å². The van der Waals surface area contributed by atoms with Crippen LogP contribution in [-0.4, -0.2) is 70.1 Å². The van der Waals surface area contributed by atoms with Crippen molar-refractivity contribution >= 4 is 29.9 Å². The van der Waals surface area contributed by atoms with Crippen LogP contribution >= 0.6 is 24.0 Å². The second kappa shape index (κ2) is 15.6. The molecule has 1 N–H and O–H groups in total. The number of rotatable bonds is 11. The molecule has 33 heavy (non-hydrogen) atoms. The fourth-order valence-corrected chi connectivity index (χ4v) is 4.38. The summed E-state index contributed by atoms with van der Waals surface area (Å²) >= 11 is 0. The third-order valence-corrected chi connectivity index (χ3v) is 6.16. The van der Waals surface area contributed by atoms with E-state index in [4.69, 9.17) is 23.9 Å². The molecule has 7 nitrogen and oxygen atoms in total. The standard InChI is InChI=1S/C25H41N3O4.HI/c1-4-26-25(28-14-12-21(13-15-28)31-17-7-16-29-2)27-19-20-10-11-23(30-3)24(18-20)32-22-8-5-6-9-22;/h10-11,18,21-22H,4-9,12-17,19H2,1-3H3,(H,26,27);1H. The van der Waals surface area contributed by atoms with Crippen LogP contribution < -0.4 is 14.8 Å². The Balaban J connectivity index is 0.00000385. The molecule has 1 aromatic carbocycles. The summed E-state index contributed by atoms with van der Waals surface area (Å²) in [6, 6.07) is 6.16. The summed E-state index contributed by atoms with van der Waals surface area (Å²) in [5.41, 5.74) is 1.13. The van der Waals surface area contributed by atoms with Gasteiger partial charge in [-0.3, -0.25) is 0 Å². The summed E-state index contributed by atoms with van der Waals surface area (Å²) in [5.74, 6) is 2.60. The average Bonchev–Trinajstić information content (AvgIpc) is 3.33. The third kappa shape index (κ3) is 9.13. The van der Waals surface area contributed by atoms with E-state index in [0.717, 1.165) is 88.0 Å². The topological polar surface area (TPSA) is 64.6 Å². The van der Waals surface area contributed by atoms with E-state index in [-0.39, 0.29) is 24.0 Å². The third-order valence-electron chi connectivity index (χ3n) is 6.16. The second-order valence-corrected chi connectivity index (χ2v) is 8.58. The summed E-state index contributed by atoms with van der Waals surface area (Å²) in [7, 11) is 3.43. The molecule has 1 aliphatic carbocycles.